The van der Waals surface area contributed by atoms with Gasteiger partial charge in [-0.05, 0) is 29.8 Å². The Labute approximate surface area is 166 Å². The first-order valence-electron chi connectivity index (χ1n) is 8.65. The number of rotatable bonds is 4. The van der Waals surface area contributed by atoms with Crippen LogP contribution in [-0.4, -0.2) is 15.0 Å². The van der Waals surface area contributed by atoms with Crippen molar-refractivity contribution >= 4 is 5.69 Å². The number of nitrogens with two attached hydrogens (primary N) is 1. The summed E-state index contributed by atoms with van der Waals surface area (Å²) in [5, 5.41) is 9.00. The number of benzene rings is 2. The predicted molar refractivity (Wildman–Crippen MR) is 106 cm³/mol. The second-order valence-electron chi connectivity index (χ2n) is 6.12. The first kappa shape index (κ1) is 18.1. The number of aromatic nitrogens is 3. The highest BCUT2D eigenvalue weighted by molar-refractivity contribution is 5.73. The Balaban J connectivity index is 1.69. The van der Waals surface area contributed by atoms with Gasteiger partial charge in [0.15, 0.2) is 5.82 Å². The number of nitriles is 1. The van der Waals surface area contributed by atoms with Gasteiger partial charge in [-0.3, -0.25) is 0 Å². The normalized spacial score (nSPS) is 10.3. The highest BCUT2D eigenvalue weighted by atomic mass is 19.1. The van der Waals surface area contributed by atoms with Crippen molar-refractivity contribution in [2.75, 3.05) is 5.73 Å². The minimum absolute atomic E-state index is 0.249. The van der Waals surface area contributed by atoms with E-state index in [1.807, 2.05) is 24.3 Å². The Bertz CT molecular complexity index is 1220. The number of para-hydroxylation sites is 1. The highest BCUT2D eigenvalue weighted by Crippen LogP contribution is 2.35. The maximum Gasteiger partial charge on any atom is 0.162 e. The zero-order valence-electron chi connectivity index (χ0n) is 15.1. The van der Waals surface area contributed by atoms with Crippen molar-refractivity contribution in [2.45, 2.75) is 0 Å². The number of anilines is 1. The van der Waals surface area contributed by atoms with Crippen molar-refractivity contribution in [1.29, 1.82) is 5.26 Å². The van der Waals surface area contributed by atoms with Crippen molar-refractivity contribution < 1.29 is 9.13 Å². The van der Waals surface area contributed by atoms with E-state index in [1.165, 1.54) is 24.7 Å². The number of nitrogens with zero attached hydrogens (tertiary/aromatic N) is 4. The molecule has 29 heavy (non-hydrogen) atoms. The molecule has 2 heterocycles. The van der Waals surface area contributed by atoms with Crippen LogP contribution in [0.5, 0.6) is 11.5 Å². The quantitative estimate of drug-likeness (QED) is 0.553. The van der Waals surface area contributed by atoms with Crippen LogP contribution in [0.1, 0.15) is 5.69 Å². The van der Waals surface area contributed by atoms with Gasteiger partial charge in [-0.2, -0.15) is 5.26 Å². The molecule has 0 fully saturated rings. The summed E-state index contributed by atoms with van der Waals surface area (Å²) in [7, 11) is 0. The Morgan fingerprint density at radius 2 is 1.72 bits per heavy atom. The van der Waals surface area contributed by atoms with E-state index >= 15 is 0 Å². The largest absolute Gasteiger partial charge is 0.457 e. The van der Waals surface area contributed by atoms with E-state index in [1.54, 1.807) is 30.3 Å². The van der Waals surface area contributed by atoms with Gasteiger partial charge in [0.05, 0.1) is 23.6 Å². The molecule has 0 bridgehead atoms. The lowest BCUT2D eigenvalue weighted by Crippen LogP contribution is -1.95. The van der Waals surface area contributed by atoms with Crippen molar-refractivity contribution in [3.63, 3.8) is 0 Å². The molecule has 140 valence electrons. The first-order chi connectivity index (χ1) is 14.1. The average molecular weight is 383 g/mol. The zero-order chi connectivity index (χ0) is 20.2. The van der Waals surface area contributed by atoms with Gasteiger partial charge in [0.25, 0.3) is 0 Å². The molecule has 0 unspecified atom stereocenters. The molecular weight excluding hydrogens is 369 g/mol. The Morgan fingerprint density at radius 1 is 0.931 bits per heavy atom. The van der Waals surface area contributed by atoms with E-state index in [2.05, 4.69) is 15.0 Å². The molecule has 0 amide bonds. The molecular formula is C22H14FN5O. The van der Waals surface area contributed by atoms with Crippen LogP contribution in [0.2, 0.25) is 0 Å². The van der Waals surface area contributed by atoms with Crippen molar-refractivity contribution in [3.8, 4) is 40.1 Å². The van der Waals surface area contributed by atoms with Crippen LogP contribution in [-0.2, 0) is 0 Å². The zero-order valence-corrected chi connectivity index (χ0v) is 15.1. The molecule has 0 aliphatic heterocycles. The second kappa shape index (κ2) is 7.74. The molecule has 4 aromatic rings. The van der Waals surface area contributed by atoms with Gasteiger partial charge in [-0.25, -0.2) is 19.3 Å². The molecule has 0 aliphatic rings. The molecule has 0 atom stereocenters. The third-order valence-electron chi connectivity index (χ3n) is 4.15. The minimum atomic E-state index is -0.460. The summed E-state index contributed by atoms with van der Waals surface area (Å²) in [6.07, 6.45) is 4.36. The number of hydrogen-bond donors (Lipinski definition) is 1. The van der Waals surface area contributed by atoms with Crippen LogP contribution < -0.4 is 10.5 Å². The molecule has 2 aromatic carbocycles. The number of hydrogen-bond acceptors (Lipinski definition) is 6. The van der Waals surface area contributed by atoms with Gasteiger partial charge in [0.1, 0.15) is 29.1 Å². The molecule has 0 spiro atoms. The van der Waals surface area contributed by atoms with E-state index in [4.69, 9.17) is 15.7 Å². The SMILES string of the molecule is N#Cc1cc(Oc2ccccc2-c2ccc(-c3ncc(N)cn3)c(F)c2)ccn1. The third kappa shape index (κ3) is 3.87. The molecule has 2 N–H and O–H groups in total. The van der Waals surface area contributed by atoms with E-state index in [0.717, 1.165) is 0 Å². The van der Waals surface area contributed by atoms with Gasteiger partial charge in [-0.1, -0.05) is 24.3 Å². The van der Waals surface area contributed by atoms with Crippen LogP contribution in [0.3, 0.4) is 0 Å². The monoisotopic (exact) mass is 383 g/mol. The standard InChI is InChI=1S/C22H14FN5O/c23-20-9-14(5-6-19(20)22-27-12-15(25)13-28-22)18-3-1-2-4-21(18)29-17-7-8-26-16(10-17)11-24/h1-10,12-13H,25H2. The fraction of sp³-hybridized carbons (Fsp3) is 0. The summed E-state index contributed by atoms with van der Waals surface area (Å²) in [5.41, 5.74) is 7.85. The third-order valence-corrected chi connectivity index (χ3v) is 4.15. The predicted octanol–water partition coefficient (Wildman–Crippen LogP) is 4.59. The van der Waals surface area contributed by atoms with Crippen LogP contribution in [0.4, 0.5) is 10.1 Å². The molecule has 0 saturated carbocycles. The van der Waals surface area contributed by atoms with Gasteiger partial charge >= 0.3 is 0 Å². The Hall–Kier alpha value is -4.31. The van der Waals surface area contributed by atoms with Crippen molar-refractivity contribution in [2.24, 2.45) is 0 Å². The molecule has 0 saturated heterocycles. The van der Waals surface area contributed by atoms with Crippen LogP contribution in [0, 0.1) is 17.1 Å². The number of halogens is 1. The van der Waals surface area contributed by atoms with Crippen LogP contribution in [0.25, 0.3) is 22.5 Å². The van der Waals surface area contributed by atoms with E-state index in [-0.39, 0.29) is 17.1 Å². The smallest absolute Gasteiger partial charge is 0.162 e. The lowest BCUT2D eigenvalue weighted by atomic mass is 10.0. The fourth-order valence-corrected chi connectivity index (χ4v) is 2.80. The van der Waals surface area contributed by atoms with Gasteiger partial charge in [0.2, 0.25) is 0 Å². The number of pyridine rings is 1. The number of nitrogen functional groups attached to an aromatic ring is 1. The van der Waals surface area contributed by atoms with Gasteiger partial charge in [-0.15, -0.1) is 0 Å². The lowest BCUT2D eigenvalue weighted by Gasteiger charge is -2.12. The van der Waals surface area contributed by atoms with E-state index in [0.29, 0.717) is 28.3 Å². The Morgan fingerprint density at radius 3 is 2.48 bits per heavy atom. The summed E-state index contributed by atoms with van der Waals surface area (Å²) in [6, 6.07) is 17.2. The van der Waals surface area contributed by atoms with Gasteiger partial charge < -0.3 is 10.5 Å². The lowest BCUT2D eigenvalue weighted by molar-refractivity contribution is 0.483. The maximum absolute atomic E-state index is 14.8. The average Bonchev–Trinajstić information content (AvgIpc) is 2.75. The minimum Gasteiger partial charge on any atom is -0.457 e. The molecule has 6 nitrogen and oxygen atoms in total. The summed E-state index contributed by atoms with van der Waals surface area (Å²) < 4.78 is 20.7. The summed E-state index contributed by atoms with van der Waals surface area (Å²) >= 11 is 0. The van der Waals surface area contributed by atoms with Crippen LogP contribution >= 0.6 is 0 Å². The fourth-order valence-electron chi connectivity index (χ4n) is 2.80. The molecule has 0 aliphatic carbocycles. The topological polar surface area (TPSA) is 97.7 Å². The second-order valence-corrected chi connectivity index (χ2v) is 6.12. The van der Waals surface area contributed by atoms with E-state index < -0.39 is 5.82 Å². The summed E-state index contributed by atoms with van der Waals surface area (Å²) in [4.78, 5) is 12.1. The van der Waals surface area contributed by atoms with Crippen molar-refractivity contribution in [1.82, 2.24) is 15.0 Å². The first-order valence-corrected chi connectivity index (χ1v) is 8.65. The molecule has 0 radical (unpaired) electrons. The maximum atomic E-state index is 14.8. The van der Waals surface area contributed by atoms with Crippen LogP contribution in [0.15, 0.2) is 73.2 Å². The number of ether oxygens (including phenoxy) is 1. The summed E-state index contributed by atoms with van der Waals surface area (Å²) in [5.74, 6) is 0.793. The molecule has 4 rings (SSSR count). The van der Waals surface area contributed by atoms with Gasteiger partial charge in [0, 0.05) is 17.8 Å². The Kier molecular flexibility index (Phi) is 4.82. The van der Waals surface area contributed by atoms with Crippen molar-refractivity contribution in [3.05, 3.63) is 84.7 Å². The summed E-state index contributed by atoms with van der Waals surface area (Å²) in [6.45, 7) is 0. The highest BCUT2D eigenvalue weighted by Gasteiger charge is 2.13. The molecule has 7 heteroatoms. The molecule has 2 aromatic heterocycles. The van der Waals surface area contributed by atoms with E-state index in [9.17, 15) is 4.39 Å².